The minimum absolute atomic E-state index is 0.283. The Morgan fingerprint density at radius 3 is 2.87 bits per heavy atom. The fourth-order valence-corrected chi connectivity index (χ4v) is 2.53. The van der Waals surface area contributed by atoms with E-state index in [0.29, 0.717) is 13.2 Å². The van der Waals surface area contributed by atoms with Crippen molar-refractivity contribution in [2.75, 3.05) is 20.3 Å². The largest absolute Gasteiger partial charge is 0.468 e. The van der Waals surface area contributed by atoms with Crippen molar-refractivity contribution in [2.45, 2.75) is 6.04 Å². The van der Waals surface area contributed by atoms with E-state index in [2.05, 4.69) is 0 Å². The molecule has 1 aliphatic heterocycles. The number of hydrogen-bond donors (Lipinski definition) is 1. The minimum Gasteiger partial charge on any atom is -0.468 e. The van der Waals surface area contributed by atoms with Gasteiger partial charge in [-0.3, -0.25) is 4.79 Å². The molecule has 15 heavy (non-hydrogen) atoms. The van der Waals surface area contributed by atoms with Gasteiger partial charge in [-0.15, -0.1) is 11.3 Å². The van der Waals surface area contributed by atoms with Gasteiger partial charge in [-0.25, -0.2) is 0 Å². The van der Waals surface area contributed by atoms with Crippen LogP contribution in [0.2, 0.25) is 0 Å². The highest BCUT2D eigenvalue weighted by Crippen LogP contribution is 2.41. The van der Waals surface area contributed by atoms with Crippen LogP contribution >= 0.6 is 11.3 Å². The maximum Gasteiger partial charge on any atom is 0.318 e. The summed E-state index contributed by atoms with van der Waals surface area (Å²) < 4.78 is 9.89. The van der Waals surface area contributed by atoms with Gasteiger partial charge in [-0.05, 0) is 11.4 Å². The standard InChI is InChI=1S/C10H13NO3S/c1-13-9(12)10(5-14-6-10)8(11)7-3-2-4-15-7/h2-4,8H,5-6,11H2,1H3. The topological polar surface area (TPSA) is 61.5 Å². The molecule has 0 amide bonds. The molecule has 0 bridgehead atoms. The lowest BCUT2D eigenvalue weighted by atomic mass is 9.78. The highest BCUT2D eigenvalue weighted by Gasteiger charge is 2.52. The van der Waals surface area contributed by atoms with E-state index in [1.807, 2.05) is 17.5 Å². The maximum absolute atomic E-state index is 11.7. The summed E-state index contributed by atoms with van der Waals surface area (Å²) >= 11 is 1.55. The molecule has 1 aromatic rings. The summed E-state index contributed by atoms with van der Waals surface area (Å²) in [6.07, 6.45) is 0. The van der Waals surface area contributed by atoms with Gasteiger partial charge in [0.15, 0.2) is 0 Å². The van der Waals surface area contributed by atoms with Gasteiger partial charge in [0.1, 0.15) is 5.41 Å². The number of carbonyl (C=O) groups is 1. The van der Waals surface area contributed by atoms with Gasteiger partial charge < -0.3 is 15.2 Å². The second-order valence-electron chi connectivity index (χ2n) is 3.63. The molecule has 0 spiro atoms. The highest BCUT2D eigenvalue weighted by molar-refractivity contribution is 7.10. The van der Waals surface area contributed by atoms with Crippen molar-refractivity contribution in [3.05, 3.63) is 22.4 Å². The average molecular weight is 227 g/mol. The number of carbonyl (C=O) groups excluding carboxylic acids is 1. The van der Waals surface area contributed by atoms with Gasteiger partial charge in [0.25, 0.3) is 0 Å². The first-order valence-corrected chi connectivity index (χ1v) is 5.54. The summed E-state index contributed by atoms with van der Waals surface area (Å²) in [5.74, 6) is -0.283. The number of methoxy groups -OCH3 is 1. The Kier molecular flexibility index (Phi) is 2.77. The first-order valence-electron chi connectivity index (χ1n) is 4.66. The van der Waals surface area contributed by atoms with Crippen LogP contribution in [0.15, 0.2) is 17.5 Å². The third-order valence-corrected chi connectivity index (χ3v) is 3.71. The molecule has 2 N–H and O–H groups in total. The molecule has 4 nitrogen and oxygen atoms in total. The monoisotopic (exact) mass is 227 g/mol. The smallest absolute Gasteiger partial charge is 0.318 e. The quantitative estimate of drug-likeness (QED) is 0.781. The van der Waals surface area contributed by atoms with Crippen LogP contribution in [0.1, 0.15) is 10.9 Å². The molecule has 2 heterocycles. The van der Waals surface area contributed by atoms with Crippen molar-refractivity contribution in [2.24, 2.45) is 11.1 Å². The Hall–Kier alpha value is -0.910. The van der Waals surface area contributed by atoms with E-state index in [-0.39, 0.29) is 12.0 Å². The zero-order chi connectivity index (χ0) is 10.9. The van der Waals surface area contributed by atoms with Crippen LogP contribution in [0.3, 0.4) is 0 Å². The number of rotatable bonds is 3. The molecule has 82 valence electrons. The van der Waals surface area contributed by atoms with E-state index in [1.54, 1.807) is 11.3 Å². The molecular formula is C10H13NO3S. The molecule has 0 saturated carbocycles. The Morgan fingerprint density at radius 2 is 2.47 bits per heavy atom. The number of hydrogen-bond acceptors (Lipinski definition) is 5. The number of thiophene rings is 1. The average Bonchev–Trinajstić information content (AvgIpc) is 2.68. The zero-order valence-electron chi connectivity index (χ0n) is 8.43. The normalized spacial score (nSPS) is 20.4. The van der Waals surface area contributed by atoms with Gasteiger partial charge in [-0.2, -0.15) is 0 Å². The fraction of sp³-hybridized carbons (Fsp3) is 0.500. The van der Waals surface area contributed by atoms with Crippen molar-refractivity contribution in [3.63, 3.8) is 0 Å². The van der Waals surface area contributed by atoms with Gasteiger partial charge >= 0.3 is 5.97 Å². The molecule has 0 aromatic carbocycles. The first kappa shape index (κ1) is 10.6. The lowest BCUT2D eigenvalue weighted by Crippen LogP contribution is -2.56. The molecule has 5 heteroatoms. The minimum atomic E-state index is -0.681. The molecule has 1 aromatic heterocycles. The fourth-order valence-electron chi connectivity index (χ4n) is 1.69. The van der Waals surface area contributed by atoms with Crippen LogP contribution in [-0.4, -0.2) is 26.3 Å². The summed E-state index contributed by atoms with van der Waals surface area (Å²) in [6.45, 7) is 0.692. The van der Waals surface area contributed by atoms with Crippen LogP contribution in [0, 0.1) is 5.41 Å². The molecule has 0 radical (unpaired) electrons. The molecule has 2 rings (SSSR count). The van der Waals surface area contributed by atoms with E-state index in [0.717, 1.165) is 4.88 Å². The third kappa shape index (κ3) is 1.56. The van der Waals surface area contributed by atoms with Crippen LogP contribution in [0.5, 0.6) is 0 Å². The van der Waals surface area contributed by atoms with E-state index >= 15 is 0 Å². The Labute approximate surface area is 92.0 Å². The van der Waals surface area contributed by atoms with Crippen molar-refractivity contribution >= 4 is 17.3 Å². The number of ether oxygens (including phenoxy) is 2. The second-order valence-corrected chi connectivity index (χ2v) is 4.61. The van der Waals surface area contributed by atoms with Gasteiger partial charge in [0.05, 0.1) is 26.4 Å². The summed E-state index contributed by atoms with van der Waals surface area (Å²) in [6, 6.07) is 3.52. The molecule has 1 saturated heterocycles. The Bertz CT molecular complexity index is 346. The van der Waals surface area contributed by atoms with Crippen molar-refractivity contribution < 1.29 is 14.3 Å². The molecule has 1 fully saturated rings. The lowest BCUT2D eigenvalue weighted by molar-refractivity contribution is -0.188. The Balaban J connectivity index is 2.23. The predicted octanol–water partition coefficient (Wildman–Crippen LogP) is 0.937. The highest BCUT2D eigenvalue weighted by atomic mass is 32.1. The van der Waals surface area contributed by atoms with Gasteiger partial charge in [0.2, 0.25) is 0 Å². The number of nitrogens with two attached hydrogens (primary N) is 1. The molecule has 1 aliphatic rings. The van der Waals surface area contributed by atoms with E-state index < -0.39 is 5.41 Å². The SMILES string of the molecule is COC(=O)C1(C(N)c2cccs2)COC1. The third-order valence-electron chi connectivity index (χ3n) is 2.76. The van der Waals surface area contributed by atoms with Gasteiger partial charge in [0, 0.05) is 4.88 Å². The van der Waals surface area contributed by atoms with Crippen LogP contribution in [-0.2, 0) is 14.3 Å². The van der Waals surface area contributed by atoms with E-state index in [4.69, 9.17) is 15.2 Å². The molecule has 1 atom stereocenters. The Morgan fingerprint density at radius 1 is 1.73 bits per heavy atom. The van der Waals surface area contributed by atoms with Crippen LogP contribution in [0.25, 0.3) is 0 Å². The summed E-state index contributed by atoms with van der Waals surface area (Å²) in [4.78, 5) is 12.7. The number of esters is 1. The van der Waals surface area contributed by atoms with E-state index in [1.165, 1.54) is 7.11 Å². The summed E-state index contributed by atoms with van der Waals surface area (Å²) in [7, 11) is 1.38. The van der Waals surface area contributed by atoms with Crippen molar-refractivity contribution in [1.82, 2.24) is 0 Å². The second kappa shape index (κ2) is 3.92. The predicted molar refractivity (Wildman–Crippen MR) is 56.5 cm³/mol. The van der Waals surface area contributed by atoms with Crippen LogP contribution < -0.4 is 5.73 Å². The molecule has 1 unspecified atom stereocenters. The molecular weight excluding hydrogens is 214 g/mol. The first-order chi connectivity index (χ1) is 7.20. The van der Waals surface area contributed by atoms with Crippen molar-refractivity contribution in [3.8, 4) is 0 Å². The van der Waals surface area contributed by atoms with Crippen molar-refractivity contribution in [1.29, 1.82) is 0 Å². The van der Waals surface area contributed by atoms with Gasteiger partial charge in [-0.1, -0.05) is 6.07 Å². The molecule has 0 aliphatic carbocycles. The summed E-state index contributed by atoms with van der Waals surface area (Å²) in [5.41, 5.74) is 5.40. The summed E-state index contributed by atoms with van der Waals surface area (Å²) in [5, 5.41) is 1.94. The zero-order valence-corrected chi connectivity index (χ0v) is 9.25. The lowest BCUT2D eigenvalue weighted by Gasteiger charge is -2.42. The van der Waals surface area contributed by atoms with Crippen LogP contribution in [0.4, 0.5) is 0 Å². The van der Waals surface area contributed by atoms with E-state index in [9.17, 15) is 4.79 Å². The maximum atomic E-state index is 11.7.